The van der Waals surface area contributed by atoms with Gasteiger partial charge >= 0.3 is 6.85 Å². The van der Waals surface area contributed by atoms with E-state index in [-0.39, 0.29) is 12.3 Å². The number of nitrogens with zero attached hydrogens (tertiary/aromatic N) is 2. The highest BCUT2D eigenvalue weighted by Gasteiger charge is 2.46. The van der Waals surface area contributed by atoms with Crippen LogP contribution in [0.15, 0.2) is 158 Å². The summed E-state index contributed by atoms with van der Waals surface area (Å²) in [5.41, 5.74) is 15.7. The topological polar surface area (TPSA) is 8.17 Å². The smallest absolute Gasteiger partial charge is 0.333 e. The minimum atomic E-state index is -0.0560. The molecule has 0 N–H and O–H groups in total. The third-order valence-electron chi connectivity index (χ3n) is 13.3. The van der Waals surface area contributed by atoms with E-state index in [0.717, 1.165) is 0 Å². The van der Waals surface area contributed by atoms with Crippen molar-refractivity contribution < 1.29 is 0 Å². The van der Waals surface area contributed by atoms with E-state index in [1.54, 1.807) is 0 Å². The molecule has 60 heavy (non-hydrogen) atoms. The fraction of sp³-hybridized carbons (Fsp3) is 0.0741. The van der Waals surface area contributed by atoms with Crippen molar-refractivity contribution in [2.75, 3.05) is 4.90 Å². The highest BCUT2D eigenvalue weighted by atomic mass is 32.1. The van der Waals surface area contributed by atoms with Gasteiger partial charge in [0.05, 0.1) is 15.9 Å². The van der Waals surface area contributed by atoms with Crippen molar-refractivity contribution in [2.45, 2.75) is 26.2 Å². The van der Waals surface area contributed by atoms with E-state index >= 15 is 0 Å². The van der Waals surface area contributed by atoms with Gasteiger partial charge in [-0.25, -0.2) is 0 Å². The first-order valence-corrected chi connectivity index (χ1v) is 23.2. The highest BCUT2D eigenvalue weighted by molar-refractivity contribution is 7.28. The average molecular weight is 819 g/mol. The normalized spacial score (nSPS) is 13.5. The van der Waals surface area contributed by atoms with Crippen LogP contribution < -0.4 is 15.8 Å². The van der Waals surface area contributed by atoms with E-state index in [1.165, 1.54) is 127 Å². The van der Waals surface area contributed by atoms with Crippen LogP contribution in [0.4, 0.5) is 17.1 Å². The largest absolute Gasteiger partial charge is 0.374 e. The zero-order valence-corrected chi connectivity index (χ0v) is 35.7. The predicted molar refractivity (Wildman–Crippen MR) is 265 cm³/mol. The summed E-state index contributed by atoms with van der Waals surface area (Å²) in [7, 11) is 0. The van der Waals surface area contributed by atoms with Crippen molar-refractivity contribution in [1.82, 2.24) is 4.48 Å². The summed E-state index contributed by atoms with van der Waals surface area (Å²) < 4.78 is 10.9. The van der Waals surface area contributed by atoms with Gasteiger partial charge in [0.2, 0.25) is 0 Å². The SMILES string of the molecule is CC(C)(C)c1ccc(N2c3cc4c(sc5ccccc54)c4c3B(c3c2ccc2sc5ccccc5c32)n2c3c-4cccc3c3sc4ccccc4c32)c(-c2ccccc2)c1. The van der Waals surface area contributed by atoms with E-state index in [9.17, 15) is 0 Å². The Morgan fingerprint density at radius 1 is 0.450 bits per heavy atom. The average Bonchev–Trinajstić information content (AvgIpc) is 4.04. The maximum absolute atomic E-state index is 2.78. The molecule has 0 radical (unpaired) electrons. The van der Waals surface area contributed by atoms with Crippen LogP contribution in [0.25, 0.3) is 93.8 Å². The molecule has 6 heterocycles. The molecule has 0 unspecified atom stereocenters. The molecule has 0 spiro atoms. The van der Waals surface area contributed by atoms with E-state index in [2.05, 4.69) is 188 Å². The second-order valence-corrected chi connectivity index (χ2v) is 20.8. The van der Waals surface area contributed by atoms with Crippen molar-refractivity contribution in [3.63, 3.8) is 0 Å². The number of rotatable bonds is 2. The van der Waals surface area contributed by atoms with Gasteiger partial charge in [-0.1, -0.05) is 130 Å². The lowest BCUT2D eigenvalue weighted by atomic mass is 9.44. The standard InChI is InChI=1S/C54H35BN2S3/c1-54(2,3)31-24-25-39(37(28-31)30-14-5-4-6-15-30)56-40-26-27-45-46(33-17-8-11-22-43(33)58-45)48(40)55-49-41(56)29-38-32-16-7-10-21-42(32)59-52(38)47(49)35-19-13-20-36-50(35)57(55)51-34-18-9-12-23-44(34)60-53(36)51/h4-29H,1-3H3. The van der Waals surface area contributed by atoms with E-state index < -0.39 is 0 Å². The third kappa shape index (κ3) is 4.28. The minimum absolute atomic E-state index is 0.0133. The monoisotopic (exact) mass is 818 g/mol. The summed E-state index contributed by atoms with van der Waals surface area (Å²) >= 11 is 5.83. The first-order valence-electron chi connectivity index (χ1n) is 20.8. The lowest BCUT2D eigenvalue weighted by Crippen LogP contribution is -2.57. The summed E-state index contributed by atoms with van der Waals surface area (Å²) in [4.78, 5) is 2.66. The van der Waals surface area contributed by atoms with Crippen LogP contribution in [-0.2, 0) is 5.41 Å². The van der Waals surface area contributed by atoms with Gasteiger partial charge in [-0.05, 0) is 86.8 Å². The van der Waals surface area contributed by atoms with Crippen LogP contribution >= 0.6 is 34.0 Å². The summed E-state index contributed by atoms with van der Waals surface area (Å²) in [5, 5.41) is 8.05. The van der Waals surface area contributed by atoms with Crippen molar-refractivity contribution in [3.05, 3.63) is 163 Å². The van der Waals surface area contributed by atoms with Crippen molar-refractivity contribution >= 4 is 140 Å². The van der Waals surface area contributed by atoms with Crippen LogP contribution in [0.3, 0.4) is 0 Å². The maximum Gasteiger partial charge on any atom is 0.333 e. The zero-order valence-electron chi connectivity index (χ0n) is 33.2. The van der Waals surface area contributed by atoms with Crippen LogP contribution in [0.1, 0.15) is 26.3 Å². The Bertz CT molecular complexity index is 3840. The van der Waals surface area contributed by atoms with E-state index in [0.29, 0.717) is 0 Å². The Morgan fingerprint density at radius 2 is 1.12 bits per heavy atom. The number of benzene rings is 8. The molecule has 0 fully saturated rings. The number of anilines is 3. The van der Waals surface area contributed by atoms with Crippen molar-refractivity contribution in [3.8, 4) is 22.3 Å². The second-order valence-electron chi connectivity index (χ2n) is 17.6. The number of aromatic nitrogens is 1. The molecule has 2 aliphatic rings. The molecule has 6 heteroatoms. The number of hydrogen-bond acceptors (Lipinski definition) is 4. The molecule has 4 aromatic heterocycles. The van der Waals surface area contributed by atoms with Gasteiger partial charge in [-0.3, -0.25) is 0 Å². The molecule has 0 atom stereocenters. The van der Waals surface area contributed by atoms with Gasteiger partial charge in [-0.15, -0.1) is 34.0 Å². The molecule has 282 valence electrons. The summed E-state index contributed by atoms with van der Waals surface area (Å²) in [5.74, 6) is 0. The number of fused-ring (bicyclic) bond motifs is 17. The maximum atomic E-state index is 2.78. The Kier molecular flexibility index (Phi) is 6.59. The van der Waals surface area contributed by atoms with Gasteiger partial charge in [0, 0.05) is 78.6 Å². The van der Waals surface area contributed by atoms with Crippen molar-refractivity contribution in [1.29, 1.82) is 0 Å². The fourth-order valence-corrected chi connectivity index (χ4v) is 14.3. The number of thiophene rings is 3. The lowest BCUT2D eigenvalue weighted by Gasteiger charge is -2.42. The van der Waals surface area contributed by atoms with E-state index in [4.69, 9.17) is 0 Å². The predicted octanol–water partition coefficient (Wildman–Crippen LogP) is 15.1. The molecule has 2 aliphatic heterocycles. The first-order chi connectivity index (χ1) is 29.4. The first kappa shape index (κ1) is 33.6. The van der Waals surface area contributed by atoms with Crippen LogP contribution in [0, 0.1) is 0 Å². The van der Waals surface area contributed by atoms with Crippen LogP contribution in [-0.4, -0.2) is 11.3 Å². The van der Waals surface area contributed by atoms with Gasteiger partial charge < -0.3 is 9.38 Å². The van der Waals surface area contributed by atoms with Gasteiger partial charge in [-0.2, -0.15) is 0 Å². The Morgan fingerprint density at radius 3 is 1.92 bits per heavy atom. The molecule has 8 aromatic carbocycles. The molecular weight excluding hydrogens is 784 g/mol. The molecule has 0 saturated carbocycles. The van der Waals surface area contributed by atoms with Gasteiger partial charge in [0.1, 0.15) is 0 Å². The van der Waals surface area contributed by atoms with E-state index in [1.807, 2.05) is 34.0 Å². The molecule has 0 aliphatic carbocycles. The molecule has 12 aromatic rings. The van der Waals surface area contributed by atoms with Crippen molar-refractivity contribution in [2.24, 2.45) is 0 Å². The molecule has 14 rings (SSSR count). The quantitative estimate of drug-likeness (QED) is 0.158. The van der Waals surface area contributed by atoms with Gasteiger partial charge in [0.25, 0.3) is 0 Å². The Balaban J connectivity index is 1.24. The lowest BCUT2D eigenvalue weighted by molar-refractivity contribution is 0.590. The van der Waals surface area contributed by atoms with Crippen LogP contribution in [0.2, 0.25) is 0 Å². The van der Waals surface area contributed by atoms with Gasteiger partial charge in [0.15, 0.2) is 0 Å². The summed E-state index contributed by atoms with van der Waals surface area (Å²) in [6.45, 7) is 6.92. The third-order valence-corrected chi connectivity index (χ3v) is 16.9. The minimum Gasteiger partial charge on any atom is -0.374 e. The Labute approximate surface area is 359 Å². The summed E-state index contributed by atoms with van der Waals surface area (Å²) in [6, 6.07) is 60.0. The Hall–Kier alpha value is -6.18. The molecule has 0 saturated heterocycles. The fourth-order valence-electron chi connectivity index (χ4n) is 10.7. The highest BCUT2D eigenvalue weighted by Crippen LogP contribution is 2.54. The van der Waals surface area contributed by atoms with Crippen LogP contribution in [0.5, 0.6) is 0 Å². The number of hydrogen-bond donors (Lipinski definition) is 0. The summed E-state index contributed by atoms with van der Waals surface area (Å²) in [6.07, 6.45) is 0. The molecule has 0 amide bonds. The molecular formula is C54H35BN2S3. The molecule has 0 bridgehead atoms. The second kappa shape index (κ2) is 11.8. The number of para-hydroxylation sites is 1. The molecule has 2 nitrogen and oxygen atoms in total. The zero-order chi connectivity index (χ0) is 39.6.